The van der Waals surface area contributed by atoms with Crippen LogP contribution in [0.1, 0.15) is 51.3 Å². The van der Waals surface area contributed by atoms with E-state index in [1.165, 1.54) is 192 Å². The largest absolute Gasteiger partial charge is 0.341 e. The van der Waals surface area contributed by atoms with Gasteiger partial charge in [-0.05, 0) is 207 Å². The zero-order valence-corrected chi connectivity index (χ0v) is 57.9. The molecule has 100 heavy (non-hydrogen) atoms. The van der Waals surface area contributed by atoms with E-state index in [9.17, 15) is 0 Å². The molecule has 0 amide bonds. The van der Waals surface area contributed by atoms with Gasteiger partial charge in [0.15, 0.2) is 0 Å². The van der Waals surface area contributed by atoms with Gasteiger partial charge in [-0.25, -0.2) is 0 Å². The van der Waals surface area contributed by atoms with Gasteiger partial charge in [0.2, 0.25) is 0 Å². The molecule has 18 aromatic rings. The molecule has 2 heterocycles. The number of aryl methyl sites for hydroxylation is 4. The van der Waals surface area contributed by atoms with E-state index >= 15 is 0 Å². The maximum absolute atomic E-state index is 2.41. The van der Waals surface area contributed by atoms with Gasteiger partial charge in [-0.3, -0.25) is 0 Å². The minimum absolute atomic E-state index is 0.150. The minimum atomic E-state index is 0.150. The summed E-state index contributed by atoms with van der Waals surface area (Å²) < 4.78 is 4.83. The molecular weight excluding hydrogens is 1210 g/mol. The number of nitrogens with zero attached hydrogens (tertiary/aromatic N) is 2. The summed E-state index contributed by atoms with van der Waals surface area (Å²) in [5, 5.41) is 15.5. The van der Waals surface area contributed by atoms with Crippen molar-refractivity contribution in [3.8, 4) is 89.0 Å². The van der Waals surface area contributed by atoms with Crippen molar-refractivity contribution < 1.29 is 0 Å². The Balaban J connectivity index is 0.000000155. The number of aromatic nitrogens is 2. The van der Waals surface area contributed by atoms with Crippen LogP contribution in [0.4, 0.5) is 0 Å². The molecule has 0 spiro atoms. The first-order valence-electron chi connectivity index (χ1n) is 35.5. The number of rotatable bonds is 10. The summed E-state index contributed by atoms with van der Waals surface area (Å²) in [4.78, 5) is 0. The molecule has 16 aromatic carbocycles. The third-order valence-corrected chi connectivity index (χ3v) is 21.0. The van der Waals surface area contributed by atoms with Crippen molar-refractivity contribution in [3.63, 3.8) is 0 Å². The zero-order chi connectivity index (χ0) is 67.8. The Morgan fingerprint density at radius 2 is 0.440 bits per heavy atom. The number of benzene rings is 16. The predicted molar refractivity (Wildman–Crippen MR) is 432 cm³/mol. The van der Waals surface area contributed by atoms with Crippen molar-refractivity contribution in [2.24, 2.45) is 0 Å². The Morgan fingerprint density at radius 3 is 0.730 bits per heavy atom. The molecule has 0 radical (unpaired) electrons. The number of hydrogen-bond acceptors (Lipinski definition) is 0. The van der Waals surface area contributed by atoms with E-state index in [2.05, 4.69) is 379 Å². The summed E-state index contributed by atoms with van der Waals surface area (Å²) in [7, 11) is 0. The molecule has 0 aliphatic rings. The summed E-state index contributed by atoms with van der Waals surface area (Å²) in [5.74, 6) is 0. The van der Waals surface area contributed by atoms with Crippen LogP contribution >= 0.6 is 0 Å². The average Bonchev–Trinajstić information content (AvgIpc) is 1.19. The Bertz CT molecular complexity index is 6040. The summed E-state index contributed by atoms with van der Waals surface area (Å²) >= 11 is 0. The van der Waals surface area contributed by atoms with E-state index in [1.54, 1.807) is 0 Å². The third kappa shape index (κ3) is 10.8. The molecule has 2 heteroatoms. The minimum Gasteiger partial charge on any atom is -0.341 e. The summed E-state index contributed by atoms with van der Waals surface area (Å²) in [5.41, 5.74) is 29.3. The van der Waals surface area contributed by atoms with Crippen LogP contribution < -0.4 is 0 Å². The van der Waals surface area contributed by atoms with Crippen LogP contribution in [0.2, 0.25) is 0 Å². The smallest absolute Gasteiger partial charge is 0.0491 e. The normalized spacial score (nSPS) is 11.8. The lowest BCUT2D eigenvalue weighted by molar-refractivity contribution is 0.590. The van der Waals surface area contributed by atoms with E-state index in [1.807, 2.05) is 0 Å². The molecule has 18 rings (SSSR count). The van der Waals surface area contributed by atoms with Crippen molar-refractivity contribution in [2.45, 2.75) is 67.0 Å². The molecular formula is C98H78N2. The second-order valence-corrected chi connectivity index (χ2v) is 28.2. The van der Waals surface area contributed by atoms with E-state index < -0.39 is 0 Å². The molecule has 0 aliphatic carbocycles. The van der Waals surface area contributed by atoms with Crippen LogP contribution in [0.3, 0.4) is 0 Å². The monoisotopic (exact) mass is 1280 g/mol. The highest BCUT2D eigenvalue weighted by Gasteiger charge is 2.21. The first kappa shape index (κ1) is 61.7. The van der Waals surface area contributed by atoms with Gasteiger partial charge in [0, 0.05) is 56.7 Å². The number of hydrogen-bond donors (Lipinski definition) is 0. The number of fused-ring (bicyclic) bond motifs is 10. The first-order chi connectivity index (χ1) is 49.0. The number of para-hydroxylation sites is 2. The lowest BCUT2D eigenvalue weighted by atomic mass is 9.85. The highest BCUT2D eigenvalue weighted by molar-refractivity contribution is 6.23. The van der Waals surface area contributed by atoms with Gasteiger partial charge < -0.3 is 9.13 Å². The summed E-state index contributed by atoms with van der Waals surface area (Å²) in [6.45, 7) is 17.5. The average molecular weight is 1280 g/mol. The highest BCUT2D eigenvalue weighted by atomic mass is 15.0. The molecule has 2 aromatic heterocycles. The van der Waals surface area contributed by atoms with Gasteiger partial charge in [0.25, 0.3) is 0 Å². The molecule has 480 valence electrons. The molecule has 0 bridgehead atoms. The topological polar surface area (TPSA) is 9.86 Å². The Hall–Kier alpha value is -11.8. The molecule has 0 atom stereocenters. The zero-order valence-electron chi connectivity index (χ0n) is 57.9. The summed E-state index contributed by atoms with van der Waals surface area (Å²) in [6.07, 6.45) is 0. The van der Waals surface area contributed by atoms with E-state index in [0.717, 1.165) is 13.1 Å². The molecule has 0 unspecified atom stereocenters. The lowest BCUT2D eigenvalue weighted by Crippen LogP contribution is -2.10. The van der Waals surface area contributed by atoms with Gasteiger partial charge in [-0.15, -0.1) is 0 Å². The maximum Gasteiger partial charge on any atom is 0.0491 e. The predicted octanol–water partition coefficient (Wildman–Crippen LogP) is 27.5. The quantitative estimate of drug-likeness (QED) is 0.121. The van der Waals surface area contributed by atoms with Crippen molar-refractivity contribution in [3.05, 3.63) is 338 Å². The first-order valence-corrected chi connectivity index (χ1v) is 35.5. The van der Waals surface area contributed by atoms with Crippen molar-refractivity contribution >= 4 is 86.7 Å². The van der Waals surface area contributed by atoms with Gasteiger partial charge in [-0.2, -0.15) is 0 Å². The van der Waals surface area contributed by atoms with E-state index in [0.29, 0.717) is 0 Å². The fourth-order valence-electron chi connectivity index (χ4n) is 16.3. The summed E-state index contributed by atoms with van der Waals surface area (Å²) in [6, 6.07) is 119. The molecule has 0 aliphatic heterocycles. The van der Waals surface area contributed by atoms with Crippen LogP contribution in [-0.2, 0) is 18.5 Å². The second-order valence-electron chi connectivity index (χ2n) is 28.2. The van der Waals surface area contributed by atoms with Gasteiger partial charge in [0.05, 0.1) is 0 Å². The van der Waals surface area contributed by atoms with Crippen molar-refractivity contribution in [2.75, 3.05) is 0 Å². The van der Waals surface area contributed by atoms with Gasteiger partial charge in [0.1, 0.15) is 0 Å². The van der Waals surface area contributed by atoms with Gasteiger partial charge >= 0.3 is 0 Å². The molecule has 2 nitrogen and oxygen atoms in total. The maximum atomic E-state index is 2.41. The Labute approximate surface area is 586 Å². The van der Waals surface area contributed by atoms with Crippen LogP contribution in [0, 0.1) is 13.8 Å². The van der Waals surface area contributed by atoms with Crippen LogP contribution in [0.15, 0.2) is 322 Å². The Morgan fingerprint density at radius 1 is 0.210 bits per heavy atom. The molecule has 0 N–H and O–H groups in total. The fraction of sp³-hybridized carbons (Fsp3) is 0.102. The fourth-order valence-corrected chi connectivity index (χ4v) is 16.3. The van der Waals surface area contributed by atoms with E-state index in [4.69, 9.17) is 0 Å². The SMILES string of the molecule is CCn1c2ccccc2c2cc(-c3ccc(-c4c5ccccc5c(-c5cc(C)cc(C)c5)c5ccccc45)cc3)ccc21.CCn1c2ccccc2c2cc(-c3ccc(-c4c5ccccc5c(-c5ccc(-c6ccc(-c7ccc(C(C)(C)C)cc7)cc6)cc5)c5ccccc45)cc3)ccc21. The van der Waals surface area contributed by atoms with Crippen molar-refractivity contribution in [1.29, 1.82) is 0 Å². The standard InChI is InChI=1S/C56H45N.C42H33N/c1-5-57-52-17-11-10-12-46(52)51-36-44(32-35-53(51)57)41-24-28-43(29-25-41)55-49-15-8-6-13-47(49)54(48-14-7-9-16-50(48)55)42-26-22-39(23-27-42)37-18-20-38(21-19-37)40-30-33-45(34-31-40)56(2,3)4;1-4-43-39-16-10-9-11-33(39)38-26-31(21-22-40(38)43)29-17-19-30(20-18-29)41-34-12-5-7-14-36(34)42(37-15-8-6-13-35(37)41)32-24-27(2)23-28(3)25-32/h6-36H,5H2,1-4H3;5-26H,4H2,1-3H3. The molecule has 0 fully saturated rings. The van der Waals surface area contributed by atoms with Crippen LogP contribution in [0.25, 0.3) is 176 Å². The third-order valence-electron chi connectivity index (χ3n) is 21.0. The second kappa shape index (κ2) is 25.2. The molecule has 0 saturated carbocycles. The van der Waals surface area contributed by atoms with Crippen molar-refractivity contribution in [1.82, 2.24) is 9.13 Å². The van der Waals surface area contributed by atoms with E-state index in [-0.39, 0.29) is 5.41 Å². The Kier molecular flexibility index (Phi) is 15.6. The highest BCUT2D eigenvalue weighted by Crippen LogP contribution is 2.47. The van der Waals surface area contributed by atoms with Gasteiger partial charge in [-0.1, -0.05) is 317 Å². The van der Waals surface area contributed by atoms with Crippen LogP contribution in [0.5, 0.6) is 0 Å². The molecule has 0 saturated heterocycles. The van der Waals surface area contributed by atoms with Crippen LogP contribution in [-0.4, -0.2) is 9.13 Å². The lowest BCUT2D eigenvalue weighted by Gasteiger charge is -2.19.